The van der Waals surface area contributed by atoms with Gasteiger partial charge in [0.15, 0.2) is 0 Å². The molecule has 1 saturated heterocycles. The van der Waals surface area contributed by atoms with Crippen LogP contribution in [0.5, 0.6) is 5.75 Å². The zero-order chi connectivity index (χ0) is 18.1. The molecule has 1 spiro atoms. The SMILES string of the molecule is CCN1CCC2(CCc3cc(-c4ccc(C(=O)O)cc4)ccc3O2)CC1. The van der Waals surface area contributed by atoms with E-state index in [-0.39, 0.29) is 5.60 Å². The molecule has 0 amide bonds. The molecule has 0 aliphatic carbocycles. The summed E-state index contributed by atoms with van der Waals surface area (Å²) in [4.78, 5) is 13.5. The number of carboxylic acids is 1. The first kappa shape index (κ1) is 17.1. The zero-order valence-electron chi connectivity index (χ0n) is 15.2. The molecule has 0 aromatic heterocycles. The van der Waals surface area contributed by atoms with E-state index in [1.54, 1.807) is 12.1 Å². The van der Waals surface area contributed by atoms with Gasteiger partial charge in [-0.25, -0.2) is 4.79 Å². The maximum absolute atomic E-state index is 11.0. The van der Waals surface area contributed by atoms with E-state index in [1.165, 1.54) is 5.56 Å². The van der Waals surface area contributed by atoms with Crippen molar-refractivity contribution >= 4 is 5.97 Å². The molecule has 4 heteroatoms. The van der Waals surface area contributed by atoms with Crippen molar-refractivity contribution in [3.8, 4) is 16.9 Å². The molecule has 2 aromatic rings. The first-order chi connectivity index (χ1) is 12.6. The van der Waals surface area contributed by atoms with Gasteiger partial charge >= 0.3 is 5.97 Å². The number of rotatable bonds is 3. The van der Waals surface area contributed by atoms with Crippen LogP contribution in [0.3, 0.4) is 0 Å². The normalized spacial score (nSPS) is 19.0. The topological polar surface area (TPSA) is 49.8 Å². The predicted octanol–water partition coefficient (Wildman–Crippen LogP) is 4.23. The summed E-state index contributed by atoms with van der Waals surface area (Å²) in [6, 6.07) is 13.4. The number of aryl methyl sites for hydroxylation is 1. The lowest BCUT2D eigenvalue weighted by atomic mass is 9.82. The number of carboxylic acid groups (broad SMARTS) is 1. The monoisotopic (exact) mass is 351 g/mol. The number of likely N-dealkylation sites (tertiary alicyclic amines) is 1. The summed E-state index contributed by atoms with van der Waals surface area (Å²) in [6.07, 6.45) is 4.35. The average molecular weight is 351 g/mol. The van der Waals surface area contributed by atoms with Gasteiger partial charge in [-0.05, 0) is 73.2 Å². The second-order valence-electron chi connectivity index (χ2n) is 7.42. The smallest absolute Gasteiger partial charge is 0.335 e. The van der Waals surface area contributed by atoms with Crippen LogP contribution in [0, 0.1) is 0 Å². The Morgan fingerprint density at radius 3 is 2.42 bits per heavy atom. The second-order valence-corrected chi connectivity index (χ2v) is 7.42. The highest BCUT2D eigenvalue weighted by Gasteiger charge is 2.39. The lowest BCUT2D eigenvalue weighted by molar-refractivity contribution is -0.0132. The third-order valence-corrected chi connectivity index (χ3v) is 5.92. The Labute approximate surface area is 154 Å². The first-order valence-electron chi connectivity index (χ1n) is 9.47. The Balaban J connectivity index is 1.53. The number of aromatic carboxylic acids is 1. The number of fused-ring (bicyclic) bond motifs is 1. The van der Waals surface area contributed by atoms with Crippen molar-refractivity contribution in [2.24, 2.45) is 0 Å². The summed E-state index contributed by atoms with van der Waals surface area (Å²) < 4.78 is 6.49. The van der Waals surface area contributed by atoms with Crippen LogP contribution in [0.2, 0.25) is 0 Å². The van der Waals surface area contributed by atoms with Gasteiger partial charge in [0, 0.05) is 13.1 Å². The van der Waals surface area contributed by atoms with Crippen molar-refractivity contribution in [2.45, 2.75) is 38.2 Å². The van der Waals surface area contributed by atoms with E-state index in [0.29, 0.717) is 5.56 Å². The molecule has 0 bridgehead atoms. The number of nitrogens with zero attached hydrogens (tertiary/aromatic N) is 1. The van der Waals surface area contributed by atoms with Crippen LogP contribution in [0.25, 0.3) is 11.1 Å². The second kappa shape index (κ2) is 6.76. The minimum Gasteiger partial charge on any atom is -0.487 e. The maximum atomic E-state index is 11.0. The van der Waals surface area contributed by atoms with Gasteiger partial charge in [0.2, 0.25) is 0 Å². The van der Waals surface area contributed by atoms with Gasteiger partial charge in [0.1, 0.15) is 11.4 Å². The summed E-state index contributed by atoms with van der Waals surface area (Å²) in [5.74, 6) is 0.127. The van der Waals surface area contributed by atoms with Crippen LogP contribution in [0.15, 0.2) is 42.5 Å². The van der Waals surface area contributed by atoms with E-state index in [4.69, 9.17) is 9.84 Å². The van der Waals surface area contributed by atoms with E-state index in [9.17, 15) is 4.79 Å². The average Bonchev–Trinajstić information content (AvgIpc) is 2.68. The molecule has 0 saturated carbocycles. The Hall–Kier alpha value is -2.33. The van der Waals surface area contributed by atoms with Crippen molar-refractivity contribution in [2.75, 3.05) is 19.6 Å². The third-order valence-electron chi connectivity index (χ3n) is 5.92. The summed E-state index contributed by atoms with van der Waals surface area (Å²) in [6.45, 7) is 5.59. The minimum atomic E-state index is -0.894. The van der Waals surface area contributed by atoms with Gasteiger partial charge in [-0.15, -0.1) is 0 Å². The van der Waals surface area contributed by atoms with Crippen LogP contribution in [0.1, 0.15) is 42.1 Å². The van der Waals surface area contributed by atoms with E-state index in [2.05, 4.69) is 30.0 Å². The summed E-state index contributed by atoms with van der Waals surface area (Å²) in [7, 11) is 0. The number of hydrogen-bond donors (Lipinski definition) is 1. The van der Waals surface area contributed by atoms with Gasteiger partial charge in [0.05, 0.1) is 5.56 Å². The fourth-order valence-corrected chi connectivity index (χ4v) is 4.13. The molecular weight excluding hydrogens is 326 g/mol. The van der Waals surface area contributed by atoms with Gasteiger partial charge < -0.3 is 14.7 Å². The van der Waals surface area contributed by atoms with E-state index < -0.39 is 5.97 Å². The van der Waals surface area contributed by atoms with Gasteiger partial charge in [0.25, 0.3) is 0 Å². The molecular formula is C22H25NO3. The predicted molar refractivity (Wildman–Crippen MR) is 102 cm³/mol. The third kappa shape index (κ3) is 3.21. The molecule has 0 radical (unpaired) electrons. The molecule has 4 rings (SSSR count). The van der Waals surface area contributed by atoms with Crippen LogP contribution in [0.4, 0.5) is 0 Å². The number of benzene rings is 2. The van der Waals surface area contributed by atoms with E-state index in [0.717, 1.165) is 62.2 Å². The summed E-state index contributed by atoms with van der Waals surface area (Å²) in [5, 5.41) is 9.04. The van der Waals surface area contributed by atoms with Gasteiger partial charge in [-0.1, -0.05) is 25.1 Å². The Morgan fingerprint density at radius 1 is 1.08 bits per heavy atom. The van der Waals surface area contributed by atoms with Crippen molar-refractivity contribution in [3.63, 3.8) is 0 Å². The van der Waals surface area contributed by atoms with Crippen molar-refractivity contribution in [3.05, 3.63) is 53.6 Å². The molecule has 2 aliphatic heterocycles. The number of carbonyl (C=O) groups is 1. The Kier molecular flexibility index (Phi) is 4.45. The highest BCUT2D eigenvalue weighted by Crippen LogP contribution is 2.40. The molecule has 136 valence electrons. The molecule has 4 nitrogen and oxygen atoms in total. The first-order valence-corrected chi connectivity index (χ1v) is 9.47. The maximum Gasteiger partial charge on any atom is 0.335 e. The quantitative estimate of drug-likeness (QED) is 0.899. The molecule has 1 N–H and O–H groups in total. The van der Waals surface area contributed by atoms with Crippen molar-refractivity contribution in [1.29, 1.82) is 0 Å². The lowest BCUT2D eigenvalue weighted by Crippen LogP contribution is -2.49. The Bertz CT molecular complexity index is 805. The lowest BCUT2D eigenvalue weighted by Gasteiger charge is -2.44. The van der Waals surface area contributed by atoms with Crippen LogP contribution in [-0.4, -0.2) is 41.2 Å². The highest BCUT2D eigenvalue weighted by atomic mass is 16.5. The molecule has 2 heterocycles. The van der Waals surface area contributed by atoms with Gasteiger partial charge in [-0.2, -0.15) is 0 Å². The molecule has 1 fully saturated rings. The van der Waals surface area contributed by atoms with Gasteiger partial charge in [-0.3, -0.25) is 0 Å². The molecule has 2 aliphatic rings. The zero-order valence-corrected chi connectivity index (χ0v) is 15.2. The van der Waals surface area contributed by atoms with E-state index in [1.807, 2.05) is 12.1 Å². The summed E-state index contributed by atoms with van der Waals surface area (Å²) in [5.41, 5.74) is 3.74. The van der Waals surface area contributed by atoms with Crippen LogP contribution >= 0.6 is 0 Å². The van der Waals surface area contributed by atoms with E-state index >= 15 is 0 Å². The van der Waals surface area contributed by atoms with Crippen LogP contribution in [-0.2, 0) is 6.42 Å². The minimum absolute atomic E-state index is 0.0172. The number of hydrogen-bond acceptors (Lipinski definition) is 3. The summed E-state index contributed by atoms with van der Waals surface area (Å²) >= 11 is 0. The highest BCUT2D eigenvalue weighted by molar-refractivity contribution is 5.88. The molecule has 0 unspecified atom stereocenters. The Morgan fingerprint density at radius 2 is 1.77 bits per heavy atom. The van der Waals surface area contributed by atoms with Crippen LogP contribution < -0.4 is 4.74 Å². The largest absolute Gasteiger partial charge is 0.487 e. The fraction of sp³-hybridized carbons (Fsp3) is 0.409. The molecule has 2 aromatic carbocycles. The van der Waals surface area contributed by atoms with Crippen molar-refractivity contribution in [1.82, 2.24) is 4.90 Å². The number of ether oxygens (including phenoxy) is 1. The molecule has 26 heavy (non-hydrogen) atoms. The standard InChI is InChI=1S/C22H25NO3/c1-2-23-13-11-22(12-14-23)10-9-19-15-18(7-8-20(19)26-22)16-3-5-17(6-4-16)21(24)25/h3-8,15H,2,9-14H2,1H3,(H,24,25). The van der Waals surface area contributed by atoms with Crippen molar-refractivity contribution < 1.29 is 14.6 Å². The number of piperidine rings is 1. The fourth-order valence-electron chi connectivity index (χ4n) is 4.13. The molecule has 0 atom stereocenters.